The van der Waals surface area contributed by atoms with Crippen molar-refractivity contribution in [2.45, 2.75) is 38.9 Å². The van der Waals surface area contributed by atoms with Crippen molar-refractivity contribution in [3.63, 3.8) is 0 Å². The number of aryl methyl sites for hydroxylation is 1. The zero-order valence-corrected chi connectivity index (χ0v) is 9.28. The van der Waals surface area contributed by atoms with Crippen LogP contribution in [-0.2, 0) is 17.8 Å². The molecule has 4 nitrogen and oxygen atoms in total. The van der Waals surface area contributed by atoms with Crippen LogP contribution in [0.4, 0.5) is 0 Å². The standard InChI is InChI=1S/C11H19N3O/c1-2-4-14-9-12-6-11(14)7-13-10-3-5-15-8-10/h6,9-10,13H,2-5,7-8H2,1H3. The number of ether oxygens (including phenoxy) is 1. The SMILES string of the molecule is CCCn1cncc1CNC1CCOC1. The lowest BCUT2D eigenvalue weighted by molar-refractivity contribution is 0.189. The molecule has 0 spiro atoms. The van der Waals surface area contributed by atoms with Gasteiger partial charge in [0, 0.05) is 31.9 Å². The van der Waals surface area contributed by atoms with Crippen LogP contribution in [0, 0.1) is 0 Å². The zero-order valence-electron chi connectivity index (χ0n) is 9.28. The van der Waals surface area contributed by atoms with Gasteiger partial charge in [-0.05, 0) is 12.8 Å². The van der Waals surface area contributed by atoms with Crippen LogP contribution < -0.4 is 5.32 Å². The molecule has 1 aliphatic heterocycles. The van der Waals surface area contributed by atoms with Crippen molar-refractivity contribution < 1.29 is 4.74 Å². The zero-order chi connectivity index (χ0) is 10.5. The Morgan fingerprint density at radius 2 is 2.60 bits per heavy atom. The summed E-state index contributed by atoms with van der Waals surface area (Å²) in [5.41, 5.74) is 1.27. The first-order valence-electron chi connectivity index (χ1n) is 5.70. The Morgan fingerprint density at radius 3 is 3.33 bits per heavy atom. The van der Waals surface area contributed by atoms with Gasteiger partial charge in [-0.15, -0.1) is 0 Å². The van der Waals surface area contributed by atoms with E-state index in [-0.39, 0.29) is 0 Å². The molecule has 4 heteroatoms. The van der Waals surface area contributed by atoms with Gasteiger partial charge in [0.25, 0.3) is 0 Å². The number of imidazole rings is 1. The summed E-state index contributed by atoms with van der Waals surface area (Å²) in [5, 5.41) is 3.50. The van der Waals surface area contributed by atoms with Crippen molar-refractivity contribution >= 4 is 0 Å². The Kier molecular flexibility index (Phi) is 3.75. The minimum Gasteiger partial charge on any atom is -0.380 e. The summed E-state index contributed by atoms with van der Waals surface area (Å²) in [7, 11) is 0. The lowest BCUT2D eigenvalue weighted by Crippen LogP contribution is -2.29. The van der Waals surface area contributed by atoms with Crippen molar-refractivity contribution in [3.8, 4) is 0 Å². The Balaban J connectivity index is 1.83. The second kappa shape index (κ2) is 5.28. The number of hydrogen-bond donors (Lipinski definition) is 1. The quantitative estimate of drug-likeness (QED) is 0.791. The summed E-state index contributed by atoms with van der Waals surface area (Å²) in [6.07, 6.45) is 6.13. The number of aromatic nitrogens is 2. The van der Waals surface area contributed by atoms with Gasteiger partial charge in [0.2, 0.25) is 0 Å². The molecule has 0 bridgehead atoms. The summed E-state index contributed by atoms with van der Waals surface area (Å²) in [6, 6.07) is 0.523. The molecule has 1 aliphatic rings. The van der Waals surface area contributed by atoms with Gasteiger partial charge >= 0.3 is 0 Å². The highest BCUT2D eigenvalue weighted by Gasteiger charge is 2.14. The molecule has 1 fully saturated rings. The normalized spacial score (nSPS) is 21.0. The average Bonchev–Trinajstić information content (AvgIpc) is 2.85. The second-order valence-corrected chi connectivity index (χ2v) is 4.02. The van der Waals surface area contributed by atoms with Gasteiger partial charge in [-0.1, -0.05) is 6.92 Å². The third-order valence-corrected chi connectivity index (χ3v) is 2.76. The van der Waals surface area contributed by atoms with Crippen LogP contribution in [0.5, 0.6) is 0 Å². The molecule has 2 rings (SSSR count). The van der Waals surface area contributed by atoms with Crippen LogP contribution in [0.25, 0.3) is 0 Å². The van der Waals surface area contributed by atoms with E-state index in [1.165, 1.54) is 5.69 Å². The van der Waals surface area contributed by atoms with E-state index in [4.69, 9.17) is 4.74 Å². The number of hydrogen-bond acceptors (Lipinski definition) is 3. The fourth-order valence-electron chi connectivity index (χ4n) is 1.88. The van der Waals surface area contributed by atoms with Crippen molar-refractivity contribution in [2.75, 3.05) is 13.2 Å². The lowest BCUT2D eigenvalue weighted by Gasteiger charge is -2.11. The molecule has 1 aromatic heterocycles. The summed E-state index contributed by atoms with van der Waals surface area (Å²) in [4.78, 5) is 4.18. The summed E-state index contributed by atoms with van der Waals surface area (Å²) in [5.74, 6) is 0. The molecule has 0 aliphatic carbocycles. The minimum atomic E-state index is 0.523. The third-order valence-electron chi connectivity index (χ3n) is 2.76. The van der Waals surface area contributed by atoms with E-state index in [9.17, 15) is 0 Å². The molecule has 1 unspecified atom stereocenters. The smallest absolute Gasteiger partial charge is 0.0948 e. The molecule has 0 radical (unpaired) electrons. The van der Waals surface area contributed by atoms with Gasteiger partial charge < -0.3 is 14.6 Å². The molecule has 2 heterocycles. The molecular formula is C11H19N3O. The first kappa shape index (κ1) is 10.6. The van der Waals surface area contributed by atoms with Gasteiger partial charge in [0.1, 0.15) is 0 Å². The Hall–Kier alpha value is -0.870. The Bertz CT molecular complexity index is 292. The van der Waals surface area contributed by atoms with Crippen LogP contribution in [0.15, 0.2) is 12.5 Å². The maximum absolute atomic E-state index is 5.32. The van der Waals surface area contributed by atoms with Crippen molar-refractivity contribution in [1.82, 2.24) is 14.9 Å². The van der Waals surface area contributed by atoms with E-state index in [1.54, 1.807) is 0 Å². The van der Waals surface area contributed by atoms with Crippen molar-refractivity contribution in [1.29, 1.82) is 0 Å². The monoisotopic (exact) mass is 209 g/mol. The number of rotatable bonds is 5. The molecule has 1 aromatic rings. The van der Waals surface area contributed by atoms with Gasteiger partial charge in [-0.25, -0.2) is 4.98 Å². The van der Waals surface area contributed by atoms with Crippen molar-refractivity contribution in [3.05, 3.63) is 18.2 Å². The van der Waals surface area contributed by atoms with E-state index in [2.05, 4.69) is 21.8 Å². The predicted octanol–water partition coefficient (Wildman–Crippen LogP) is 1.17. The number of nitrogens with one attached hydrogen (secondary N) is 1. The van der Waals surface area contributed by atoms with Crippen LogP contribution in [0.2, 0.25) is 0 Å². The molecule has 84 valence electrons. The molecule has 0 saturated carbocycles. The average molecular weight is 209 g/mol. The number of nitrogens with zero attached hydrogens (tertiary/aromatic N) is 2. The highest BCUT2D eigenvalue weighted by molar-refractivity contribution is 4.98. The Morgan fingerprint density at radius 1 is 1.67 bits per heavy atom. The highest BCUT2D eigenvalue weighted by atomic mass is 16.5. The molecule has 15 heavy (non-hydrogen) atoms. The maximum atomic E-state index is 5.32. The van der Waals surface area contributed by atoms with Crippen LogP contribution in [-0.4, -0.2) is 28.8 Å². The van der Waals surface area contributed by atoms with E-state index in [1.807, 2.05) is 12.5 Å². The van der Waals surface area contributed by atoms with Gasteiger partial charge in [0.15, 0.2) is 0 Å². The van der Waals surface area contributed by atoms with Crippen molar-refractivity contribution in [2.24, 2.45) is 0 Å². The maximum Gasteiger partial charge on any atom is 0.0948 e. The molecule has 1 atom stereocenters. The summed E-state index contributed by atoms with van der Waals surface area (Å²) >= 11 is 0. The van der Waals surface area contributed by atoms with Gasteiger partial charge in [0.05, 0.1) is 18.6 Å². The van der Waals surface area contributed by atoms with Crippen LogP contribution in [0.1, 0.15) is 25.5 Å². The fraction of sp³-hybridized carbons (Fsp3) is 0.727. The van der Waals surface area contributed by atoms with Crippen LogP contribution in [0.3, 0.4) is 0 Å². The summed E-state index contributed by atoms with van der Waals surface area (Å²) in [6.45, 7) is 5.88. The molecule has 1 N–H and O–H groups in total. The van der Waals surface area contributed by atoms with E-state index < -0.39 is 0 Å². The topological polar surface area (TPSA) is 39.1 Å². The van der Waals surface area contributed by atoms with Gasteiger partial charge in [-0.3, -0.25) is 0 Å². The summed E-state index contributed by atoms with van der Waals surface area (Å²) < 4.78 is 7.53. The molecular weight excluding hydrogens is 190 g/mol. The highest BCUT2D eigenvalue weighted by Crippen LogP contribution is 2.06. The first-order chi connectivity index (χ1) is 7.40. The van der Waals surface area contributed by atoms with E-state index >= 15 is 0 Å². The first-order valence-corrected chi connectivity index (χ1v) is 5.70. The predicted molar refractivity (Wildman–Crippen MR) is 58.6 cm³/mol. The van der Waals surface area contributed by atoms with Gasteiger partial charge in [-0.2, -0.15) is 0 Å². The van der Waals surface area contributed by atoms with Crippen LogP contribution >= 0.6 is 0 Å². The molecule has 0 aromatic carbocycles. The lowest BCUT2D eigenvalue weighted by atomic mass is 10.2. The minimum absolute atomic E-state index is 0.523. The largest absolute Gasteiger partial charge is 0.380 e. The van der Waals surface area contributed by atoms with E-state index in [0.29, 0.717) is 6.04 Å². The fourth-order valence-corrected chi connectivity index (χ4v) is 1.88. The molecule has 1 saturated heterocycles. The molecule has 0 amide bonds. The Labute approximate surface area is 90.6 Å². The second-order valence-electron chi connectivity index (χ2n) is 4.02. The van der Waals surface area contributed by atoms with E-state index in [0.717, 1.165) is 39.1 Å². The third kappa shape index (κ3) is 2.79.